The highest BCUT2D eigenvalue weighted by Gasteiger charge is 2.11. The second-order valence-corrected chi connectivity index (χ2v) is 6.45. The van der Waals surface area contributed by atoms with Crippen LogP contribution in [0.3, 0.4) is 0 Å². The fourth-order valence-electron chi connectivity index (χ4n) is 1.77. The third-order valence-electron chi connectivity index (χ3n) is 3.06. The molecule has 106 valence electrons. The van der Waals surface area contributed by atoms with E-state index in [2.05, 4.69) is 5.38 Å². The van der Waals surface area contributed by atoms with Crippen molar-refractivity contribution in [2.75, 3.05) is 18.5 Å². The summed E-state index contributed by atoms with van der Waals surface area (Å²) in [4.78, 5) is 14.8. The molecule has 0 unspecified atom stereocenters. The van der Waals surface area contributed by atoms with Crippen molar-refractivity contribution in [2.24, 2.45) is 0 Å². The van der Waals surface area contributed by atoms with Gasteiger partial charge in [0.25, 0.3) is 0 Å². The number of nitrogen functional groups attached to an aromatic ring is 1. The molecule has 0 saturated heterocycles. The van der Waals surface area contributed by atoms with Crippen molar-refractivity contribution in [3.8, 4) is 0 Å². The highest BCUT2D eigenvalue weighted by Crippen LogP contribution is 2.27. The van der Waals surface area contributed by atoms with E-state index < -0.39 is 0 Å². The van der Waals surface area contributed by atoms with Crippen molar-refractivity contribution in [1.82, 2.24) is 4.90 Å². The van der Waals surface area contributed by atoms with Crippen LogP contribution < -0.4 is 5.73 Å². The Balaban J connectivity index is 1.90. The monoisotopic (exact) mass is 306 g/mol. The fraction of sp³-hybridized carbons (Fsp3) is 0.267. The molecule has 2 N–H and O–H groups in total. The smallest absolute Gasteiger partial charge is 0.232 e. The zero-order valence-corrected chi connectivity index (χ0v) is 13.3. The number of hydrogen-bond acceptors (Lipinski definition) is 4. The van der Waals surface area contributed by atoms with Gasteiger partial charge in [0, 0.05) is 24.2 Å². The Bertz CT molecular complexity index is 582. The van der Waals surface area contributed by atoms with Gasteiger partial charge < -0.3 is 10.6 Å². The lowest BCUT2D eigenvalue weighted by Gasteiger charge is -2.16. The van der Waals surface area contributed by atoms with E-state index in [0.717, 1.165) is 16.1 Å². The maximum absolute atomic E-state index is 12.1. The number of carbonyl (C=O) groups is 1. The first-order valence-electron chi connectivity index (χ1n) is 6.31. The predicted molar refractivity (Wildman–Crippen MR) is 87.1 cm³/mol. The average Bonchev–Trinajstić information content (AvgIpc) is 2.93. The summed E-state index contributed by atoms with van der Waals surface area (Å²) in [5.41, 5.74) is 9.00. The molecule has 5 heteroatoms. The summed E-state index contributed by atoms with van der Waals surface area (Å²) in [5, 5.41) is 4.09. The van der Waals surface area contributed by atoms with Crippen LogP contribution in [0.2, 0.25) is 0 Å². The van der Waals surface area contributed by atoms with Gasteiger partial charge in [-0.25, -0.2) is 0 Å². The van der Waals surface area contributed by atoms with Gasteiger partial charge in [0.15, 0.2) is 0 Å². The summed E-state index contributed by atoms with van der Waals surface area (Å²) >= 11 is 3.14. The van der Waals surface area contributed by atoms with Crippen LogP contribution in [0, 0.1) is 6.92 Å². The second kappa shape index (κ2) is 6.81. The molecule has 2 rings (SSSR count). The van der Waals surface area contributed by atoms with Crippen LogP contribution in [-0.4, -0.2) is 23.6 Å². The number of thiophene rings is 1. The minimum atomic E-state index is 0.113. The van der Waals surface area contributed by atoms with Crippen molar-refractivity contribution in [3.63, 3.8) is 0 Å². The number of anilines is 1. The van der Waals surface area contributed by atoms with E-state index in [9.17, 15) is 4.79 Å². The highest BCUT2D eigenvalue weighted by molar-refractivity contribution is 8.00. The number of amides is 1. The Morgan fingerprint density at radius 3 is 2.90 bits per heavy atom. The third kappa shape index (κ3) is 3.77. The summed E-state index contributed by atoms with van der Waals surface area (Å²) in [6, 6.07) is 7.94. The summed E-state index contributed by atoms with van der Waals surface area (Å²) in [7, 11) is 1.83. The number of nitrogens with two attached hydrogens (primary N) is 1. The summed E-state index contributed by atoms with van der Waals surface area (Å²) in [6.07, 6.45) is 0. The Labute approximate surface area is 127 Å². The van der Waals surface area contributed by atoms with Crippen molar-refractivity contribution in [1.29, 1.82) is 0 Å². The van der Waals surface area contributed by atoms with Crippen molar-refractivity contribution in [3.05, 3.63) is 46.2 Å². The lowest BCUT2D eigenvalue weighted by molar-refractivity contribution is -0.127. The van der Waals surface area contributed by atoms with Gasteiger partial charge in [-0.1, -0.05) is 12.1 Å². The number of para-hydroxylation sites is 1. The number of rotatable bonds is 5. The van der Waals surface area contributed by atoms with Crippen molar-refractivity contribution in [2.45, 2.75) is 18.4 Å². The number of hydrogen-bond donors (Lipinski definition) is 1. The van der Waals surface area contributed by atoms with E-state index in [4.69, 9.17) is 5.73 Å². The van der Waals surface area contributed by atoms with E-state index in [-0.39, 0.29) is 5.91 Å². The lowest BCUT2D eigenvalue weighted by Crippen LogP contribution is -2.27. The zero-order chi connectivity index (χ0) is 14.5. The first-order chi connectivity index (χ1) is 9.58. The third-order valence-corrected chi connectivity index (χ3v) is 4.85. The van der Waals surface area contributed by atoms with E-state index >= 15 is 0 Å². The Hall–Kier alpha value is -1.46. The second-order valence-electron chi connectivity index (χ2n) is 4.66. The minimum Gasteiger partial charge on any atom is -0.398 e. The molecule has 1 aromatic heterocycles. The Morgan fingerprint density at radius 2 is 2.20 bits per heavy atom. The van der Waals surface area contributed by atoms with Gasteiger partial charge in [-0.3, -0.25) is 4.79 Å². The molecule has 0 aliphatic carbocycles. The van der Waals surface area contributed by atoms with E-state index in [1.54, 1.807) is 16.2 Å². The standard InChI is InChI=1S/C15H18N2OS2/c1-11-4-3-5-13(15(11)16)20-10-14(18)17(2)8-12-6-7-19-9-12/h3-7,9H,8,10,16H2,1-2H3. The summed E-state index contributed by atoms with van der Waals surface area (Å²) in [6.45, 7) is 2.64. The highest BCUT2D eigenvalue weighted by atomic mass is 32.2. The first-order valence-corrected chi connectivity index (χ1v) is 8.23. The first kappa shape index (κ1) is 14.9. The lowest BCUT2D eigenvalue weighted by atomic mass is 10.2. The maximum Gasteiger partial charge on any atom is 0.232 e. The van der Waals surface area contributed by atoms with Crippen LogP contribution >= 0.6 is 23.1 Å². The van der Waals surface area contributed by atoms with Gasteiger partial charge in [-0.05, 0) is 40.9 Å². The van der Waals surface area contributed by atoms with Gasteiger partial charge in [0.2, 0.25) is 5.91 Å². The molecule has 1 amide bonds. The zero-order valence-electron chi connectivity index (χ0n) is 11.6. The van der Waals surface area contributed by atoms with Crippen LogP contribution in [0.15, 0.2) is 39.9 Å². The molecule has 0 aliphatic heterocycles. The molecule has 0 spiro atoms. The SMILES string of the molecule is Cc1cccc(SCC(=O)N(C)Cc2ccsc2)c1N. The number of benzene rings is 1. The van der Waals surface area contributed by atoms with Crippen molar-refractivity contribution >= 4 is 34.7 Å². The van der Waals surface area contributed by atoms with Crippen molar-refractivity contribution < 1.29 is 4.79 Å². The molecule has 1 aromatic carbocycles. The molecule has 0 radical (unpaired) electrons. The minimum absolute atomic E-state index is 0.113. The molecule has 0 aliphatic rings. The number of aryl methyl sites for hydroxylation is 1. The topological polar surface area (TPSA) is 46.3 Å². The van der Waals surface area contributed by atoms with Gasteiger partial charge >= 0.3 is 0 Å². The summed E-state index contributed by atoms with van der Waals surface area (Å²) < 4.78 is 0. The largest absolute Gasteiger partial charge is 0.398 e. The van der Waals surface area contributed by atoms with Crippen LogP contribution in [0.4, 0.5) is 5.69 Å². The molecule has 0 atom stereocenters. The molecule has 0 saturated carbocycles. The number of thioether (sulfide) groups is 1. The van der Waals surface area contributed by atoms with E-state index in [0.29, 0.717) is 12.3 Å². The van der Waals surface area contributed by atoms with Crippen LogP contribution in [-0.2, 0) is 11.3 Å². The quantitative estimate of drug-likeness (QED) is 0.680. The summed E-state index contributed by atoms with van der Waals surface area (Å²) in [5.74, 6) is 0.524. The van der Waals surface area contributed by atoms with Gasteiger partial charge in [0.05, 0.1) is 5.75 Å². The maximum atomic E-state index is 12.1. The van der Waals surface area contributed by atoms with Crippen LogP contribution in [0.1, 0.15) is 11.1 Å². The molecule has 0 fully saturated rings. The van der Waals surface area contributed by atoms with Gasteiger partial charge in [-0.15, -0.1) is 11.8 Å². The molecule has 0 bridgehead atoms. The molecule has 1 heterocycles. The van der Waals surface area contributed by atoms with E-state index in [1.165, 1.54) is 17.3 Å². The molecule has 3 nitrogen and oxygen atoms in total. The average molecular weight is 306 g/mol. The molecule has 20 heavy (non-hydrogen) atoms. The Morgan fingerprint density at radius 1 is 1.40 bits per heavy atom. The predicted octanol–water partition coefficient (Wildman–Crippen LogP) is 3.39. The number of carbonyl (C=O) groups excluding carboxylic acids is 1. The van der Waals surface area contributed by atoms with Gasteiger partial charge in [-0.2, -0.15) is 11.3 Å². The Kier molecular flexibility index (Phi) is 5.09. The molecule has 2 aromatic rings. The van der Waals surface area contributed by atoms with Gasteiger partial charge in [0.1, 0.15) is 0 Å². The molecular weight excluding hydrogens is 288 g/mol. The number of nitrogens with zero attached hydrogens (tertiary/aromatic N) is 1. The normalized spacial score (nSPS) is 10.5. The van der Waals surface area contributed by atoms with E-state index in [1.807, 2.05) is 43.6 Å². The fourth-order valence-corrected chi connectivity index (χ4v) is 3.42. The molecular formula is C15H18N2OS2. The van der Waals surface area contributed by atoms with Crippen LogP contribution in [0.5, 0.6) is 0 Å². The van der Waals surface area contributed by atoms with Crippen LogP contribution in [0.25, 0.3) is 0 Å².